The number of amidine groups is 1. The van der Waals surface area contributed by atoms with Crippen molar-refractivity contribution < 1.29 is 18.0 Å². The first-order chi connectivity index (χ1) is 12.5. The Morgan fingerprint density at radius 2 is 1.58 bits per heavy atom. The topological polar surface area (TPSA) is 95.9 Å². The molecule has 0 radical (unpaired) electrons. The summed E-state index contributed by atoms with van der Waals surface area (Å²) in [5, 5.41) is 0.370. The standard InChI is InChI=1S/C17H13N3O4S2/c21-15-13-3-1-2-4-14(13)16(22)20(15)11-5-7-12(8-6-11)26(23,24)19-17-18-9-10-25-17/h1-8H,9-10H2,(H,18,19). The maximum Gasteiger partial charge on any atom is 0.266 e. The molecule has 2 aromatic carbocycles. The molecular formula is C17H13N3O4S2. The number of carbonyl (C=O) groups is 2. The molecule has 7 nitrogen and oxygen atoms in total. The normalized spacial score (nSPS) is 16.6. The number of hydrogen-bond acceptors (Lipinski definition) is 6. The highest BCUT2D eigenvalue weighted by Gasteiger charge is 2.36. The van der Waals surface area contributed by atoms with Crippen LogP contribution in [0.1, 0.15) is 20.7 Å². The number of nitrogens with zero attached hydrogens (tertiary/aromatic N) is 2. The molecule has 2 aliphatic heterocycles. The molecule has 0 saturated carbocycles. The summed E-state index contributed by atoms with van der Waals surface area (Å²) < 4.78 is 27.2. The highest BCUT2D eigenvalue weighted by atomic mass is 32.2. The molecule has 2 aromatic rings. The number of sulfonamides is 1. The van der Waals surface area contributed by atoms with Gasteiger partial charge in [-0.15, -0.1) is 0 Å². The van der Waals surface area contributed by atoms with E-state index in [2.05, 4.69) is 9.71 Å². The zero-order valence-electron chi connectivity index (χ0n) is 13.4. The van der Waals surface area contributed by atoms with Crippen molar-refractivity contribution in [2.75, 3.05) is 17.2 Å². The maximum absolute atomic E-state index is 12.5. The van der Waals surface area contributed by atoms with Crippen molar-refractivity contribution in [3.05, 3.63) is 59.7 Å². The molecule has 0 unspecified atom stereocenters. The van der Waals surface area contributed by atoms with E-state index in [1.807, 2.05) is 0 Å². The molecule has 2 heterocycles. The minimum Gasteiger partial charge on any atom is -0.268 e. The van der Waals surface area contributed by atoms with Crippen molar-refractivity contribution in [2.24, 2.45) is 4.99 Å². The van der Waals surface area contributed by atoms with E-state index >= 15 is 0 Å². The van der Waals surface area contributed by atoms with Gasteiger partial charge in [0.25, 0.3) is 21.8 Å². The number of carbonyl (C=O) groups excluding carboxylic acids is 2. The van der Waals surface area contributed by atoms with Gasteiger partial charge in [0.1, 0.15) is 0 Å². The average molecular weight is 387 g/mol. The van der Waals surface area contributed by atoms with Gasteiger partial charge in [-0.3, -0.25) is 19.3 Å². The van der Waals surface area contributed by atoms with E-state index in [9.17, 15) is 18.0 Å². The lowest BCUT2D eigenvalue weighted by Crippen LogP contribution is -2.30. The van der Waals surface area contributed by atoms with Crippen LogP contribution in [0.25, 0.3) is 0 Å². The molecule has 0 aromatic heterocycles. The molecule has 26 heavy (non-hydrogen) atoms. The first kappa shape index (κ1) is 16.8. The van der Waals surface area contributed by atoms with E-state index in [0.29, 0.717) is 28.5 Å². The number of nitrogens with one attached hydrogen (secondary N) is 1. The Balaban J connectivity index is 1.61. The van der Waals surface area contributed by atoms with Crippen LogP contribution in [0.4, 0.5) is 5.69 Å². The molecule has 0 spiro atoms. The summed E-state index contributed by atoms with van der Waals surface area (Å²) in [6, 6.07) is 12.2. The van der Waals surface area contributed by atoms with Gasteiger partial charge in [-0.25, -0.2) is 13.3 Å². The summed E-state index contributed by atoms with van der Waals surface area (Å²) >= 11 is 1.34. The van der Waals surface area contributed by atoms with Crippen LogP contribution in [0.3, 0.4) is 0 Å². The summed E-state index contributed by atoms with van der Waals surface area (Å²) in [7, 11) is -3.75. The SMILES string of the molecule is O=C1c2ccccc2C(=O)N1c1ccc(S(=O)(=O)NC2=NCCS2)cc1. The zero-order chi connectivity index (χ0) is 18.3. The summed E-state index contributed by atoms with van der Waals surface area (Å²) in [4.78, 5) is 30.1. The van der Waals surface area contributed by atoms with E-state index in [0.717, 1.165) is 10.7 Å². The van der Waals surface area contributed by atoms with Gasteiger partial charge in [0.15, 0.2) is 5.17 Å². The molecule has 9 heteroatoms. The Morgan fingerprint density at radius 1 is 0.962 bits per heavy atom. The molecule has 2 amide bonds. The van der Waals surface area contributed by atoms with Gasteiger partial charge < -0.3 is 0 Å². The number of rotatable bonds is 3. The Bertz CT molecular complexity index is 1010. The third kappa shape index (κ3) is 2.78. The van der Waals surface area contributed by atoms with Crippen molar-refractivity contribution in [1.29, 1.82) is 0 Å². The second-order valence-corrected chi connectivity index (χ2v) is 8.39. The van der Waals surface area contributed by atoms with E-state index in [1.165, 1.54) is 36.0 Å². The molecule has 4 rings (SSSR count). The average Bonchev–Trinajstić information content (AvgIpc) is 3.22. The molecule has 2 aliphatic rings. The zero-order valence-corrected chi connectivity index (χ0v) is 15.0. The van der Waals surface area contributed by atoms with Crippen LogP contribution in [0.2, 0.25) is 0 Å². The third-order valence-electron chi connectivity index (χ3n) is 4.01. The minimum atomic E-state index is -3.75. The number of amides is 2. The Labute approximate surface area is 154 Å². The molecule has 0 saturated heterocycles. The van der Waals surface area contributed by atoms with Gasteiger partial charge in [0, 0.05) is 5.75 Å². The summed E-state index contributed by atoms with van der Waals surface area (Å²) in [6.07, 6.45) is 0. The van der Waals surface area contributed by atoms with Crippen LogP contribution >= 0.6 is 11.8 Å². The number of hydrogen-bond donors (Lipinski definition) is 1. The summed E-state index contributed by atoms with van der Waals surface area (Å²) in [5.41, 5.74) is 1.00. The van der Waals surface area contributed by atoms with Crippen molar-refractivity contribution in [3.63, 3.8) is 0 Å². The van der Waals surface area contributed by atoms with Gasteiger partial charge in [-0.1, -0.05) is 23.9 Å². The first-order valence-electron chi connectivity index (χ1n) is 7.75. The van der Waals surface area contributed by atoms with Crippen LogP contribution in [0.5, 0.6) is 0 Å². The fraction of sp³-hybridized carbons (Fsp3) is 0.118. The number of aliphatic imine (C=N–C) groups is 1. The van der Waals surface area contributed by atoms with E-state index in [1.54, 1.807) is 24.3 Å². The number of imide groups is 1. The smallest absolute Gasteiger partial charge is 0.266 e. The van der Waals surface area contributed by atoms with Crippen molar-refractivity contribution in [2.45, 2.75) is 4.90 Å². The first-order valence-corrected chi connectivity index (χ1v) is 10.2. The van der Waals surface area contributed by atoms with E-state index in [-0.39, 0.29) is 4.90 Å². The molecule has 0 aliphatic carbocycles. The Morgan fingerprint density at radius 3 is 2.12 bits per heavy atom. The molecular weight excluding hydrogens is 374 g/mol. The monoisotopic (exact) mass is 387 g/mol. The lowest BCUT2D eigenvalue weighted by molar-refractivity contribution is 0.0926. The van der Waals surface area contributed by atoms with Crippen LogP contribution < -0.4 is 9.62 Å². The number of fused-ring (bicyclic) bond motifs is 1. The molecule has 0 bridgehead atoms. The molecule has 132 valence electrons. The fourth-order valence-electron chi connectivity index (χ4n) is 2.77. The van der Waals surface area contributed by atoms with Crippen LogP contribution in [0, 0.1) is 0 Å². The number of thioether (sulfide) groups is 1. The van der Waals surface area contributed by atoms with Gasteiger partial charge in [-0.2, -0.15) is 0 Å². The second-order valence-electron chi connectivity index (χ2n) is 5.63. The molecule has 0 atom stereocenters. The van der Waals surface area contributed by atoms with Gasteiger partial charge in [-0.05, 0) is 36.4 Å². The summed E-state index contributed by atoms with van der Waals surface area (Å²) in [6.45, 7) is 0.585. The van der Waals surface area contributed by atoms with Crippen molar-refractivity contribution >= 4 is 44.5 Å². The number of anilines is 1. The van der Waals surface area contributed by atoms with Gasteiger partial charge >= 0.3 is 0 Å². The van der Waals surface area contributed by atoms with Gasteiger partial charge in [0.05, 0.1) is 28.3 Å². The highest BCUT2D eigenvalue weighted by molar-refractivity contribution is 8.15. The largest absolute Gasteiger partial charge is 0.268 e. The second kappa shape index (κ2) is 6.26. The predicted molar refractivity (Wildman–Crippen MR) is 99.1 cm³/mol. The van der Waals surface area contributed by atoms with Crippen LogP contribution in [0.15, 0.2) is 58.4 Å². The highest BCUT2D eigenvalue weighted by Crippen LogP contribution is 2.29. The van der Waals surface area contributed by atoms with E-state index in [4.69, 9.17) is 0 Å². The van der Waals surface area contributed by atoms with Crippen LogP contribution in [-0.2, 0) is 10.0 Å². The Kier molecular flexibility index (Phi) is 4.04. The van der Waals surface area contributed by atoms with Crippen LogP contribution in [-0.4, -0.2) is 37.7 Å². The summed E-state index contributed by atoms with van der Waals surface area (Å²) in [5.74, 6) is -0.0941. The predicted octanol–water partition coefficient (Wildman–Crippen LogP) is 1.87. The quantitative estimate of drug-likeness (QED) is 0.811. The Hall–Kier alpha value is -2.65. The van der Waals surface area contributed by atoms with E-state index < -0.39 is 21.8 Å². The molecule has 0 fully saturated rings. The van der Waals surface area contributed by atoms with Gasteiger partial charge in [0.2, 0.25) is 0 Å². The fourth-order valence-corrected chi connectivity index (χ4v) is 4.80. The van der Waals surface area contributed by atoms with Crippen molar-refractivity contribution in [1.82, 2.24) is 4.72 Å². The maximum atomic E-state index is 12.5. The number of benzene rings is 2. The molecule has 1 N–H and O–H groups in total. The lowest BCUT2D eigenvalue weighted by atomic mass is 10.1. The minimum absolute atomic E-state index is 0.0352. The van der Waals surface area contributed by atoms with Crippen molar-refractivity contribution in [3.8, 4) is 0 Å². The third-order valence-corrected chi connectivity index (χ3v) is 6.38. The lowest BCUT2D eigenvalue weighted by Gasteiger charge is -2.14.